The number of amides is 1. The number of carbonyl (C=O) groups excluding carboxylic acids is 1. The standard InChI is InChI=1S/C16H22N4O3S/c1-8-6-9(2)20(19-8)10(3)7-13(21)17-12(5)15-18-11(4)14(24-15)16(22)23/h6,10,12H,7H2,1-5H3,(H,17,21)(H,22,23). The molecule has 0 aliphatic heterocycles. The monoisotopic (exact) mass is 350 g/mol. The molecule has 2 N–H and O–H groups in total. The Morgan fingerprint density at radius 2 is 2.00 bits per heavy atom. The van der Waals surface area contributed by atoms with E-state index in [4.69, 9.17) is 5.11 Å². The molecule has 130 valence electrons. The van der Waals surface area contributed by atoms with E-state index in [1.54, 1.807) is 13.8 Å². The van der Waals surface area contributed by atoms with Crippen LogP contribution in [-0.2, 0) is 4.79 Å². The van der Waals surface area contributed by atoms with Crippen molar-refractivity contribution >= 4 is 23.2 Å². The van der Waals surface area contributed by atoms with E-state index < -0.39 is 5.97 Å². The molecule has 7 nitrogen and oxygen atoms in total. The van der Waals surface area contributed by atoms with Gasteiger partial charge in [-0.2, -0.15) is 5.10 Å². The second-order valence-electron chi connectivity index (χ2n) is 5.99. The predicted molar refractivity (Wildman–Crippen MR) is 91.4 cm³/mol. The van der Waals surface area contributed by atoms with Gasteiger partial charge in [-0.15, -0.1) is 11.3 Å². The molecule has 0 radical (unpaired) electrons. The fraction of sp³-hybridized carbons (Fsp3) is 0.500. The molecule has 2 heterocycles. The van der Waals surface area contributed by atoms with E-state index in [9.17, 15) is 9.59 Å². The molecule has 1 amide bonds. The zero-order chi connectivity index (χ0) is 18.0. The lowest BCUT2D eigenvalue weighted by atomic mass is 10.2. The Hall–Kier alpha value is -2.22. The van der Waals surface area contributed by atoms with Gasteiger partial charge in [-0.1, -0.05) is 0 Å². The molecule has 2 rings (SSSR count). The summed E-state index contributed by atoms with van der Waals surface area (Å²) in [5.41, 5.74) is 2.41. The van der Waals surface area contributed by atoms with Crippen LogP contribution in [0, 0.1) is 20.8 Å². The first-order valence-corrected chi connectivity index (χ1v) is 8.53. The maximum atomic E-state index is 12.3. The van der Waals surface area contributed by atoms with Crippen LogP contribution in [0.4, 0.5) is 0 Å². The number of rotatable bonds is 6. The number of aromatic nitrogens is 3. The van der Waals surface area contributed by atoms with Crippen molar-refractivity contribution in [2.45, 2.75) is 53.1 Å². The summed E-state index contributed by atoms with van der Waals surface area (Å²) in [5, 5.41) is 17.0. The molecule has 2 atom stereocenters. The number of nitrogens with zero attached hydrogens (tertiary/aromatic N) is 3. The minimum absolute atomic E-state index is 0.0569. The lowest BCUT2D eigenvalue weighted by Gasteiger charge is -2.16. The van der Waals surface area contributed by atoms with Gasteiger partial charge in [0.05, 0.1) is 23.5 Å². The Kier molecular flexibility index (Phi) is 5.38. The molecule has 24 heavy (non-hydrogen) atoms. The van der Waals surface area contributed by atoms with Crippen molar-refractivity contribution in [3.8, 4) is 0 Å². The number of thiazole rings is 1. The van der Waals surface area contributed by atoms with E-state index >= 15 is 0 Å². The van der Waals surface area contributed by atoms with E-state index in [-0.39, 0.29) is 22.9 Å². The van der Waals surface area contributed by atoms with Crippen molar-refractivity contribution < 1.29 is 14.7 Å². The van der Waals surface area contributed by atoms with Gasteiger partial charge in [0.25, 0.3) is 0 Å². The molecule has 0 aliphatic rings. The van der Waals surface area contributed by atoms with Crippen LogP contribution >= 0.6 is 11.3 Å². The number of aromatic carboxylic acids is 1. The second kappa shape index (κ2) is 7.12. The van der Waals surface area contributed by atoms with Crippen LogP contribution in [0.2, 0.25) is 0 Å². The maximum Gasteiger partial charge on any atom is 0.347 e. The average Bonchev–Trinajstić information content (AvgIpc) is 3.01. The third-order valence-electron chi connectivity index (χ3n) is 3.70. The van der Waals surface area contributed by atoms with Gasteiger partial charge in [-0.05, 0) is 40.7 Å². The molecule has 0 fully saturated rings. The SMILES string of the molecule is Cc1cc(C)n(C(C)CC(=O)NC(C)c2nc(C)c(C(=O)O)s2)n1. The first-order chi connectivity index (χ1) is 11.2. The molecule has 0 saturated heterocycles. The van der Waals surface area contributed by atoms with E-state index in [1.807, 2.05) is 31.5 Å². The zero-order valence-electron chi connectivity index (χ0n) is 14.5. The third-order valence-corrected chi connectivity index (χ3v) is 5.03. The summed E-state index contributed by atoms with van der Waals surface area (Å²) in [6.45, 7) is 9.28. The van der Waals surface area contributed by atoms with Crippen LogP contribution < -0.4 is 5.32 Å². The van der Waals surface area contributed by atoms with Crippen molar-refractivity contribution in [1.29, 1.82) is 0 Å². The summed E-state index contributed by atoms with van der Waals surface area (Å²) < 4.78 is 1.84. The normalized spacial score (nSPS) is 13.5. The van der Waals surface area contributed by atoms with Gasteiger partial charge in [0.1, 0.15) is 9.88 Å². The molecule has 8 heteroatoms. The molecule has 0 spiro atoms. The van der Waals surface area contributed by atoms with Crippen LogP contribution in [0.15, 0.2) is 6.07 Å². The van der Waals surface area contributed by atoms with Gasteiger partial charge in [0, 0.05) is 12.1 Å². The number of hydrogen-bond acceptors (Lipinski definition) is 5. The highest BCUT2D eigenvalue weighted by atomic mass is 32.1. The van der Waals surface area contributed by atoms with Crippen molar-refractivity contribution in [3.63, 3.8) is 0 Å². The van der Waals surface area contributed by atoms with Crippen LogP contribution in [0.3, 0.4) is 0 Å². The van der Waals surface area contributed by atoms with E-state index in [1.165, 1.54) is 0 Å². The number of carboxylic acid groups (broad SMARTS) is 1. The van der Waals surface area contributed by atoms with Gasteiger partial charge in [0.2, 0.25) is 5.91 Å². The van der Waals surface area contributed by atoms with Gasteiger partial charge >= 0.3 is 5.97 Å². The summed E-state index contributed by atoms with van der Waals surface area (Å²) in [6.07, 6.45) is 0.294. The number of nitrogens with one attached hydrogen (secondary N) is 1. The minimum atomic E-state index is -0.993. The maximum absolute atomic E-state index is 12.3. The highest BCUT2D eigenvalue weighted by Gasteiger charge is 2.20. The molecular formula is C16H22N4O3S. The first kappa shape index (κ1) is 18.1. The van der Waals surface area contributed by atoms with Crippen LogP contribution in [0.5, 0.6) is 0 Å². The fourth-order valence-corrected chi connectivity index (χ4v) is 3.52. The number of carbonyl (C=O) groups is 2. The van der Waals surface area contributed by atoms with Gasteiger partial charge < -0.3 is 10.4 Å². The number of carboxylic acids is 1. The van der Waals surface area contributed by atoms with Crippen LogP contribution in [-0.4, -0.2) is 31.7 Å². The van der Waals surface area contributed by atoms with Crippen molar-refractivity contribution in [2.75, 3.05) is 0 Å². The highest BCUT2D eigenvalue weighted by Crippen LogP contribution is 2.24. The largest absolute Gasteiger partial charge is 0.477 e. The first-order valence-electron chi connectivity index (χ1n) is 7.71. The second-order valence-corrected chi connectivity index (χ2v) is 7.02. The Balaban J connectivity index is 2.00. The van der Waals surface area contributed by atoms with E-state index in [0.29, 0.717) is 17.1 Å². The molecule has 2 aromatic heterocycles. The molecule has 2 aromatic rings. The molecule has 2 unspecified atom stereocenters. The minimum Gasteiger partial charge on any atom is -0.477 e. The Bertz CT molecular complexity index is 765. The van der Waals surface area contributed by atoms with Crippen molar-refractivity contribution in [3.05, 3.63) is 33.0 Å². The summed E-state index contributed by atoms with van der Waals surface area (Å²) in [6, 6.07) is 1.59. The lowest BCUT2D eigenvalue weighted by Crippen LogP contribution is -2.29. The molecule has 0 bridgehead atoms. The van der Waals surface area contributed by atoms with Gasteiger partial charge in [0.15, 0.2) is 0 Å². The molecule has 0 aliphatic carbocycles. The highest BCUT2D eigenvalue weighted by molar-refractivity contribution is 7.13. The zero-order valence-corrected chi connectivity index (χ0v) is 15.3. The number of aryl methyl sites for hydroxylation is 3. The Labute approximate surface area is 144 Å². The molecule has 0 saturated carbocycles. The Morgan fingerprint density at radius 1 is 1.33 bits per heavy atom. The van der Waals surface area contributed by atoms with Crippen LogP contribution in [0.1, 0.15) is 64.1 Å². The molecular weight excluding hydrogens is 328 g/mol. The predicted octanol–water partition coefficient (Wildman–Crippen LogP) is 2.79. The summed E-state index contributed by atoms with van der Waals surface area (Å²) >= 11 is 1.10. The smallest absolute Gasteiger partial charge is 0.347 e. The third kappa shape index (κ3) is 4.00. The van der Waals surface area contributed by atoms with E-state index in [2.05, 4.69) is 15.4 Å². The van der Waals surface area contributed by atoms with Gasteiger partial charge in [-0.3, -0.25) is 9.48 Å². The van der Waals surface area contributed by atoms with Gasteiger partial charge in [-0.25, -0.2) is 9.78 Å². The topological polar surface area (TPSA) is 97.1 Å². The summed E-state index contributed by atoms with van der Waals surface area (Å²) in [4.78, 5) is 27.8. The average molecular weight is 350 g/mol. The molecule has 0 aromatic carbocycles. The van der Waals surface area contributed by atoms with Crippen LogP contribution in [0.25, 0.3) is 0 Å². The van der Waals surface area contributed by atoms with E-state index in [0.717, 1.165) is 22.7 Å². The lowest BCUT2D eigenvalue weighted by molar-refractivity contribution is -0.122. The Morgan fingerprint density at radius 3 is 2.50 bits per heavy atom. The quantitative estimate of drug-likeness (QED) is 0.835. The summed E-state index contributed by atoms with van der Waals surface area (Å²) in [5.74, 6) is -1.11. The fourth-order valence-electron chi connectivity index (χ4n) is 2.61. The van der Waals surface area contributed by atoms with Crippen molar-refractivity contribution in [1.82, 2.24) is 20.1 Å². The van der Waals surface area contributed by atoms with Crippen molar-refractivity contribution in [2.24, 2.45) is 0 Å². The number of hydrogen-bond donors (Lipinski definition) is 2. The summed E-state index contributed by atoms with van der Waals surface area (Å²) in [7, 11) is 0.